The van der Waals surface area contributed by atoms with Crippen LogP contribution in [0.1, 0.15) is 18.4 Å². The number of aromatic nitrogens is 4. The van der Waals surface area contributed by atoms with Gasteiger partial charge in [0.15, 0.2) is 0 Å². The Bertz CT molecular complexity index is 968. The van der Waals surface area contributed by atoms with Gasteiger partial charge in [-0.25, -0.2) is 19.0 Å². The van der Waals surface area contributed by atoms with Crippen molar-refractivity contribution in [3.05, 3.63) is 70.5 Å². The Morgan fingerprint density at radius 3 is 2.69 bits per heavy atom. The first kappa shape index (κ1) is 16.4. The fourth-order valence-corrected chi connectivity index (χ4v) is 2.52. The van der Waals surface area contributed by atoms with Crippen LogP contribution in [0.5, 0.6) is 6.01 Å². The van der Waals surface area contributed by atoms with Crippen molar-refractivity contribution in [3.63, 3.8) is 0 Å². The van der Waals surface area contributed by atoms with Gasteiger partial charge in [0, 0.05) is 24.0 Å². The lowest BCUT2D eigenvalue weighted by Crippen LogP contribution is -2.22. The molecule has 1 fully saturated rings. The number of nitrogens with zero attached hydrogens (tertiary/aromatic N) is 4. The van der Waals surface area contributed by atoms with Gasteiger partial charge >= 0.3 is 6.01 Å². The number of halogens is 1. The third-order valence-corrected chi connectivity index (χ3v) is 4.16. The van der Waals surface area contributed by atoms with Crippen molar-refractivity contribution in [2.75, 3.05) is 6.61 Å². The summed E-state index contributed by atoms with van der Waals surface area (Å²) in [4.78, 5) is 20.4. The van der Waals surface area contributed by atoms with Crippen molar-refractivity contribution in [2.45, 2.75) is 19.4 Å². The van der Waals surface area contributed by atoms with Crippen molar-refractivity contribution >= 4 is 0 Å². The van der Waals surface area contributed by atoms with Crippen LogP contribution in [0.25, 0.3) is 11.3 Å². The van der Waals surface area contributed by atoms with E-state index in [2.05, 4.69) is 15.1 Å². The fourth-order valence-electron chi connectivity index (χ4n) is 2.52. The monoisotopic (exact) mass is 352 g/mol. The first-order chi connectivity index (χ1) is 12.7. The standard InChI is InChI=1S/C19H17FN4O2/c20-16-3-1-2-14(8-16)11-24-18(25)7-6-17(23-24)15-9-21-19(22-10-15)26-12-13-4-5-13/h1-3,6-10,13H,4-5,11-12H2. The Hall–Kier alpha value is -3.09. The van der Waals surface area contributed by atoms with E-state index in [-0.39, 0.29) is 17.9 Å². The van der Waals surface area contributed by atoms with Crippen LogP contribution in [0.4, 0.5) is 4.39 Å². The van der Waals surface area contributed by atoms with Gasteiger partial charge in [0.2, 0.25) is 0 Å². The SMILES string of the molecule is O=c1ccc(-c2cnc(OCC3CC3)nc2)nn1Cc1cccc(F)c1. The van der Waals surface area contributed by atoms with Gasteiger partial charge in [0.05, 0.1) is 18.8 Å². The van der Waals surface area contributed by atoms with Crippen LogP contribution in [-0.4, -0.2) is 26.4 Å². The van der Waals surface area contributed by atoms with Crippen LogP contribution in [0.3, 0.4) is 0 Å². The highest BCUT2D eigenvalue weighted by atomic mass is 19.1. The van der Waals surface area contributed by atoms with Gasteiger partial charge in [0.25, 0.3) is 5.56 Å². The smallest absolute Gasteiger partial charge is 0.316 e. The van der Waals surface area contributed by atoms with E-state index in [9.17, 15) is 9.18 Å². The second-order valence-corrected chi connectivity index (χ2v) is 6.35. The predicted molar refractivity (Wildman–Crippen MR) is 93.2 cm³/mol. The Morgan fingerprint density at radius 1 is 1.15 bits per heavy atom. The molecule has 0 bridgehead atoms. The predicted octanol–water partition coefficient (Wildman–Crippen LogP) is 2.68. The van der Waals surface area contributed by atoms with Gasteiger partial charge in [-0.1, -0.05) is 12.1 Å². The van der Waals surface area contributed by atoms with Gasteiger partial charge < -0.3 is 4.74 Å². The van der Waals surface area contributed by atoms with Gasteiger partial charge in [-0.05, 0) is 42.5 Å². The van der Waals surface area contributed by atoms with Crippen molar-refractivity contribution in [2.24, 2.45) is 5.92 Å². The molecule has 132 valence electrons. The van der Waals surface area contributed by atoms with Crippen LogP contribution in [0.15, 0.2) is 53.6 Å². The molecule has 1 aromatic carbocycles. The molecule has 3 aromatic rings. The molecule has 0 atom stereocenters. The number of ether oxygens (including phenoxy) is 1. The molecular formula is C19H17FN4O2. The van der Waals surface area contributed by atoms with E-state index in [0.29, 0.717) is 35.4 Å². The number of benzene rings is 1. The quantitative estimate of drug-likeness (QED) is 0.682. The molecule has 0 radical (unpaired) electrons. The molecule has 4 rings (SSSR count). The minimum absolute atomic E-state index is 0.188. The molecule has 0 aliphatic heterocycles. The zero-order valence-corrected chi connectivity index (χ0v) is 14.0. The van der Waals surface area contributed by atoms with Crippen LogP contribution < -0.4 is 10.3 Å². The number of hydrogen-bond donors (Lipinski definition) is 0. The third kappa shape index (κ3) is 3.93. The van der Waals surface area contributed by atoms with Gasteiger partial charge in [0.1, 0.15) is 5.82 Å². The van der Waals surface area contributed by atoms with E-state index in [0.717, 1.165) is 0 Å². The molecule has 26 heavy (non-hydrogen) atoms. The molecule has 7 heteroatoms. The highest BCUT2D eigenvalue weighted by molar-refractivity contribution is 5.55. The molecule has 2 aromatic heterocycles. The van der Waals surface area contributed by atoms with Crippen LogP contribution in [0.2, 0.25) is 0 Å². The summed E-state index contributed by atoms with van der Waals surface area (Å²) in [6, 6.07) is 9.49. The molecule has 0 unspecified atom stereocenters. The van der Waals surface area contributed by atoms with Crippen LogP contribution >= 0.6 is 0 Å². The molecular weight excluding hydrogens is 335 g/mol. The highest BCUT2D eigenvalue weighted by Crippen LogP contribution is 2.29. The van der Waals surface area contributed by atoms with E-state index in [1.165, 1.54) is 35.7 Å². The zero-order valence-electron chi connectivity index (χ0n) is 14.0. The summed E-state index contributed by atoms with van der Waals surface area (Å²) in [5.41, 5.74) is 1.65. The minimum Gasteiger partial charge on any atom is -0.463 e. The molecule has 0 saturated heterocycles. The number of rotatable bonds is 6. The fraction of sp³-hybridized carbons (Fsp3) is 0.263. The van der Waals surface area contributed by atoms with Crippen LogP contribution in [-0.2, 0) is 6.54 Å². The molecule has 0 amide bonds. The third-order valence-electron chi connectivity index (χ3n) is 4.16. The van der Waals surface area contributed by atoms with Crippen LogP contribution in [0, 0.1) is 11.7 Å². The maximum atomic E-state index is 13.3. The molecule has 6 nitrogen and oxygen atoms in total. The second kappa shape index (κ2) is 7.03. The Morgan fingerprint density at radius 2 is 1.96 bits per heavy atom. The highest BCUT2D eigenvalue weighted by Gasteiger charge is 2.22. The van der Waals surface area contributed by atoms with Gasteiger partial charge in [-0.3, -0.25) is 4.79 Å². The molecule has 0 N–H and O–H groups in total. The average Bonchev–Trinajstić information content (AvgIpc) is 3.47. The van der Waals surface area contributed by atoms with Gasteiger partial charge in [-0.15, -0.1) is 0 Å². The Kier molecular flexibility index (Phi) is 4.43. The summed E-state index contributed by atoms with van der Waals surface area (Å²) in [7, 11) is 0. The average molecular weight is 352 g/mol. The second-order valence-electron chi connectivity index (χ2n) is 6.35. The normalized spacial score (nSPS) is 13.6. The topological polar surface area (TPSA) is 69.9 Å². The van der Waals surface area contributed by atoms with Crippen molar-refractivity contribution in [3.8, 4) is 17.3 Å². The first-order valence-electron chi connectivity index (χ1n) is 8.45. The van der Waals surface area contributed by atoms with E-state index in [1.54, 1.807) is 30.6 Å². The summed E-state index contributed by atoms with van der Waals surface area (Å²) < 4.78 is 20.1. The lowest BCUT2D eigenvalue weighted by atomic mass is 10.2. The van der Waals surface area contributed by atoms with Gasteiger partial charge in [-0.2, -0.15) is 5.10 Å². The lowest BCUT2D eigenvalue weighted by molar-refractivity contribution is 0.276. The van der Waals surface area contributed by atoms with E-state index >= 15 is 0 Å². The van der Waals surface area contributed by atoms with Crippen molar-refractivity contribution in [1.82, 2.24) is 19.7 Å². The molecule has 1 aliphatic carbocycles. The molecule has 0 spiro atoms. The summed E-state index contributed by atoms with van der Waals surface area (Å²) in [6.07, 6.45) is 5.65. The maximum absolute atomic E-state index is 13.3. The summed E-state index contributed by atoms with van der Waals surface area (Å²) in [5.74, 6) is 0.285. The maximum Gasteiger partial charge on any atom is 0.316 e. The lowest BCUT2D eigenvalue weighted by Gasteiger charge is -2.08. The molecule has 1 aliphatic rings. The first-order valence-corrected chi connectivity index (χ1v) is 8.45. The summed E-state index contributed by atoms with van der Waals surface area (Å²) >= 11 is 0. The largest absolute Gasteiger partial charge is 0.463 e. The van der Waals surface area contributed by atoms with E-state index in [1.807, 2.05) is 0 Å². The minimum atomic E-state index is -0.345. The molecule has 1 saturated carbocycles. The Balaban J connectivity index is 1.54. The van der Waals surface area contributed by atoms with E-state index in [4.69, 9.17) is 4.74 Å². The van der Waals surface area contributed by atoms with E-state index < -0.39 is 0 Å². The Labute approximate surface area is 149 Å². The summed E-state index contributed by atoms with van der Waals surface area (Å²) in [5, 5.41) is 4.34. The molecule has 2 heterocycles. The zero-order chi connectivity index (χ0) is 17.9. The number of hydrogen-bond acceptors (Lipinski definition) is 5. The van der Waals surface area contributed by atoms with Crippen molar-refractivity contribution < 1.29 is 9.13 Å². The summed E-state index contributed by atoms with van der Waals surface area (Å²) in [6.45, 7) is 0.837. The van der Waals surface area contributed by atoms with Crippen molar-refractivity contribution in [1.29, 1.82) is 0 Å².